The highest BCUT2D eigenvalue weighted by Gasteiger charge is 2.28. The van der Waals surface area contributed by atoms with E-state index in [0.29, 0.717) is 13.2 Å². The fourth-order valence-corrected chi connectivity index (χ4v) is 3.69. The predicted molar refractivity (Wildman–Crippen MR) is 97.2 cm³/mol. The number of methoxy groups -OCH3 is 1. The van der Waals surface area contributed by atoms with E-state index in [0.717, 1.165) is 30.6 Å². The van der Waals surface area contributed by atoms with Gasteiger partial charge in [0.1, 0.15) is 5.75 Å². The van der Waals surface area contributed by atoms with Gasteiger partial charge >= 0.3 is 7.82 Å². The van der Waals surface area contributed by atoms with Crippen LogP contribution in [-0.4, -0.2) is 39.6 Å². The van der Waals surface area contributed by atoms with Crippen LogP contribution in [0, 0.1) is 0 Å². The van der Waals surface area contributed by atoms with E-state index in [1.807, 2.05) is 24.3 Å². The first-order chi connectivity index (χ1) is 12.5. The minimum absolute atomic E-state index is 0.0447. The molecule has 0 radical (unpaired) electrons. The van der Waals surface area contributed by atoms with Crippen LogP contribution in [0.2, 0.25) is 0 Å². The van der Waals surface area contributed by atoms with Gasteiger partial charge in [0.25, 0.3) is 0 Å². The Bertz CT molecular complexity index is 575. The zero-order valence-electron chi connectivity index (χ0n) is 15.9. The SMILES string of the molecule is COc1ccc(C2OCC(CCCCOP(=O)(OC)OC(C)C)O2)cc1. The first kappa shape index (κ1) is 21.4. The predicted octanol–water partition coefficient (Wildman–Crippen LogP) is 4.48. The lowest BCUT2D eigenvalue weighted by atomic mass is 10.2. The van der Waals surface area contributed by atoms with Gasteiger partial charge < -0.3 is 14.2 Å². The van der Waals surface area contributed by atoms with Gasteiger partial charge in [-0.1, -0.05) is 12.1 Å². The molecule has 26 heavy (non-hydrogen) atoms. The maximum Gasteiger partial charge on any atom is 0.474 e. The van der Waals surface area contributed by atoms with E-state index < -0.39 is 7.82 Å². The third-order valence-electron chi connectivity index (χ3n) is 3.87. The summed E-state index contributed by atoms with van der Waals surface area (Å²) >= 11 is 0. The van der Waals surface area contributed by atoms with Crippen molar-refractivity contribution in [1.82, 2.24) is 0 Å². The van der Waals surface area contributed by atoms with Gasteiger partial charge in [0, 0.05) is 12.7 Å². The van der Waals surface area contributed by atoms with Crippen LogP contribution in [0.15, 0.2) is 24.3 Å². The zero-order valence-corrected chi connectivity index (χ0v) is 16.8. The lowest BCUT2D eigenvalue weighted by Crippen LogP contribution is -2.10. The molecule has 1 aromatic carbocycles. The molecule has 7 nitrogen and oxygen atoms in total. The third kappa shape index (κ3) is 6.65. The van der Waals surface area contributed by atoms with E-state index in [9.17, 15) is 4.57 Å². The number of unbranched alkanes of at least 4 members (excludes halogenated alkanes) is 1. The first-order valence-corrected chi connectivity index (χ1v) is 10.3. The Labute approximate surface area is 155 Å². The second kappa shape index (κ2) is 10.4. The number of benzene rings is 1. The molecule has 8 heteroatoms. The Balaban J connectivity index is 1.65. The first-order valence-electron chi connectivity index (χ1n) is 8.85. The van der Waals surface area contributed by atoms with Crippen LogP contribution in [0.3, 0.4) is 0 Å². The summed E-state index contributed by atoms with van der Waals surface area (Å²) < 4.78 is 44.3. The Morgan fingerprint density at radius 1 is 1.19 bits per heavy atom. The number of hydrogen-bond donors (Lipinski definition) is 0. The smallest absolute Gasteiger partial charge is 0.474 e. The van der Waals surface area contributed by atoms with Crippen molar-refractivity contribution in [2.75, 3.05) is 27.4 Å². The Kier molecular flexibility index (Phi) is 8.54. The van der Waals surface area contributed by atoms with Crippen LogP contribution in [-0.2, 0) is 27.6 Å². The second-order valence-corrected chi connectivity index (χ2v) is 8.04. The molecular weight excluding hydrogens is 359 g/mol. The van der Waals surface area contributed by atoms with Crippen LogP contribution in [0.5, 0.6) is 5.75 Å². The van der Waals surface area contributed by atoms with Crippen LogP contribution in [0.25, 0.3) is 0 Å². The van der Waals surface area contributed by atoms with Gasteiger partial charge in [-0.2, -0.15) is 0 Å². The molecule has 0 amide bonds. The van der Waals surface area contributed by atoms with Crippen molar-refractivity contribution >= 4 is 7.82 Å². The summed E-state index contributed by atoms with van der Waals surface area (Å²) in [6, 6.07) is 7.66. The number of ether oxygens (including phenoxy) is 3. The van der Waals surface area contributed by atoms with E-state index in [2.05, 4.69) is 0 Å². The van der Waals surface area contributed by atoms with Gasteiger partial charge in [0.15, 0.2) is 6.29 Å². The van der Waals surface area contributed by atoms with Crippen molar-refractivity contribution in [3.8, 4) is 5.75 Å². The van der Waals surface area contributed by atoms with Crippen molar-refractivity contribution in [3.05, 3.63) is 29.8 Å². The van der Waals surface area contributed by atoms with Crippen LogP contribution < -0.4 is 4.74 Å². The van der Waals surface area contributed by atoms with Crippen LogP contribution in [0.1, 0.15) is 45.0 Å². The van der Waals surface area contributed by atoms with Crippen molar-refractivity contribution < 1.29 is 32.3 Å². The molecule has 1 fully saturated rings. The summed E-state index contributed by atoms with van der Waals surface area (Å²) in [5.74, 6) is 0.804. The van der Waals surface area contributed by atoms with Crippen LogP contribution in [0.4, 0.5) is 0 Å². The highest BCUT2D eigenvalue weighted by molar-refractivity contribution is 7.48. The largest absolute Gasteiger partial charge is 0.497 e. The molecule has 1 aliphatic heterocycles. The zero-order chi connectivity index (χ0) is 19.0. The fraction of sp³-hybridized carbons (Fsp3) is 0.667. The second-order valence-electron chi connectivity index (χ2n) is 6.31. The molecule has 0 N–H and O–H groups in total. The van der Waals surface area contributed by atoms with Crippen molar-refractivity contribution in [1.29, 1.82) is 0 Å². The van der Waals surface area contributed by atoms with Gasteiger partial charge in [-0.15, -0.1) is 0 Å². The molecule has 0 spiro atoms. The molecular formula is C18H29O7P. The maximum atomic E-state index is 12.1. The summed E-state index contributed by atoms with van der Waals surface area (Å²) in [7, 11) is -0.483. The summed E-state index contributed by atoms with van der Waals surface area (Å²) in [6.07, 6.45) is 1.94. The lowest BCUT2D eigenvalue weighted by molar-refractivity contribution is -0.0614. The molecule has 0 aromatic heterocycles. The molecule has 0 saturated carbocycles. The van der Waals surface area contributed by atoms with Gasteiger partial charge in [-0.05, 0) is 45.2 Å². The number of phosphoric acid groups is 1. The number of phosphoric ester groups is 1. The number of rotatable bonds is 11. The third-order valence-corrected chi connectivity index (χ3v) is 5.50. The summed E-state index contributed by atoms with van der Waals surface area (Å²) in [4.78, 5) is 0. The fourth-order valence-electron chi connectivity index (χ4n) is 2.57. The quantitative estimate of drug-likeness (QED) is 0.409. The normalized spacial score (nSPS) is 22.5. The van der Waals surface area contributed by atoms with Crippen molar-refractivity contribution in [2.24, 2.45) is 0 Å². The molecule has 1 heterocycles. The van der Waals surface area contributed by atoms with Crippen LogP contribution >= 0.6 is 7.82 Å². The minimum atomic E-state index is -3.44. The molecule has 2 rings (SSSR count). The average Bonchev–Trinajstić information content (AvgIpc) is 3.10. The molecule has 1 saturated heterocycles. The van der Waals surface area contributed by atoms with Gasteiger partial charge in [0.2, 0.25) is 0 Å². The highest BCUT2D eigenvalue weighted by Crippen LogP contribution is 2.49. The maximum absolute atomic E-state index is 12.1. The topological polar surface area (TPSA) is 72.5 Å². The van der Waals surface area contributed by atoms with Crippen molar-refractivity contribution in [2.45, 2.75) is 51.6 Å². The summed E-state index contributed by atoms with van der Waals surface area (Å²) in [5.41, 5.74) is 0.975. The highest BCUT2D eigenvalue weighted by atomic mass is 31.2. The number of hydrogen-bond acceptors (Lipinski definition) is 7. The van der Waals surface area contributed by atoms with E-state index in [4.69, 9.17) is 27.8 Å². The Morgan fingerprint density at radius 2 is 1.92 bits per heavy atom. The summed E-state index contributed by atoms with van der Waals surface area (Å²) in [5, 5.41) is 0. The molecule has 1 aliphatic rings. The molecule has 0 bridgehead atoms. The molecule has 1 aromatic rings. The molecule has 0 aliphatic carbocycles. The lowest BCUT2D eigenvalue weighted by Gasteiger charge is -2.18. The van der Waals surface area contributed by atoms with E-state index >= 15 is 0 Å². The Morgan fingerprint density at radius 3 is 2.54 bits per heavy atom. The van der Waals surface area contributed by atoms with Gasteiger partial charge in [-0.25, -0.2) is 4.57 Å². The average molecular weight is 388 g/mol. The van der Waals surface area contributed by atoms with Gasteiger partial charge in [-0.3, -0.25) is 13.6 Å². The van der Waals surface area contributed by atoms with E-state index in [-0.39, 0.29) is 18.5 Å². The summed E-state index contributed by atoms with van der Waals surface area (Å²) in [6.45, 7) is 4.44. The Hall–Kier alpha value is -0.950. The van der Waals surface area contributed by atoms with E-state index in [1.54, 1.807) is 21.0 Å². The molecule has 3 atom stereocenters. The molecule has 148 valence electrons. The standard InChI is InChI=1S/C18H29O7P/c1-14(2)25-26(19,21-4)23-12-6-5-7-17-13-22-18(24-17)15-8-10-16(20-3)11-9-15/h8-11,14,17-18H,5-7,12-13H2,1-4H3. The monoisotopic (exact) mass is 388 g/mol. The van der Waals surface area contributed by atoms with Gasteiger partial charge in [0.05, 0.1) is 32.5 Å². The van der Waals surface area contributed by atoms with E-state index in [1.165, 1.54) is 7.11 Å². The molecule has 3 unspecified atom stereocenters. The minimum Gasteiger partial charge on any atom is -0.497 e. The van der Waals surface area contributed by atoms with Crippen molar-refractivity contribution in [3.63, 3.8) is 0 Å².